The van der Waals surface area contributed by atoms with Gasteiger partial charge in [0.2, 0.25) is 0 Å². The quantitative estimate of drug-likeness (QED) is 0.692. The van der Waals surface area contributed by atoms with E-state index >= 15 is 0 Å². The summed E-state index contributed by atoms with van der Waals surface area (Å²) in [6.45, 7) is 11.5. The standard InChI is InChI=1S/2C8H16NOP/c2*1-3-8-7-5-4-6-9(7)11(2)10-8/h2*7-8H,3-6H2,1-2H3/t2*7-,8+,11+/m10/s1. The minimum Gasteiger partial charge on any atom is -0.339 e. The van der Waals surface area contributed by atoms with Crippen LogP contribution in [0.25, 0.3) is 0 Å². The zero-order valence-electron chi connectivity index (χ0n) is 14.6. The van der Waals surface area contributed by atoms with Crippen LogP contribution in [-0.2, 0) is 9.05 Å². The van der Waals surface area contributed by atoms with Crippen molar-refractivity contribution in [2.45, 2.75) is 76.7 Å². The van der Waals surface area contributed by atoms with Crippen molar-refractivity contribution in [3.63, 3.8) is 0 Å². The van der Waals surface area contributed by atoms with Gasteiger partial charge < -0.3 is 9.05 Å². The normalized spacial score (nSPS) is 44.7. The molecule has 4 fully saturated rings. The third kappa shape index (κ3) is 3.39. The van der Waals surface area contributed by atoms with Gasteiger partial charge in [-0.05, 0) is 51.9 Å². The highest BCUT2D eigenvalue weighted by atomic mass is 31.2. The van der Waals surface area contributed by atoms with E-state index in [4.69, 9.17) is 9.05 Å². The lowest BCUT2D eigenvalue weighted by atomic mass is 10.1. The van der Waals surface area contributed by atoms with Crippen LogP contribution in [0.4, 0.5) is 0 Å². The first-order valence-electron chi connectivity index (χ1n) is 8.99. The lowest BCUT2D eigenvalue weighted by Gasteiger charge is -2.16. The zero-order valence-corrected chi connectivity index (χ0v) is 16.4. The minimum absolute atomic E-state index is 0.217. The Balaban J connectivity index is 0.000000131. The molecule has 0 saturated carbocycles. The highest BCUT2D eigenvalue weighted by molar-refractivity contribution is 7.49. The smallest absolute Gasteiger partial charge is 0.101 e. The average molecular weight is 346 g/mol. The number of hydrogen-bond acceptors (Lipinski definition) is 4. The molecule has 0 unspecified atom stereocenters. The van der Waals surface area contributed by atoms with Crippen molar-refractivity contribution in [2.75, 3.05) is 26.4 Å². The van der Waals surface area contributed by atoms with Gasteiger partial charge in [-0.3, -0.25) is 9.34 Å². The molecule has 6 atom stereocenters. The molecule has 4 aliphatic rings. The van der Waals surface area contributed by atoms with Crippen molar-refractivity contribution in [3.05, 3.63) is 0 Å². The fourth-order valence-electron chi connectivity index (χ4n) is 4.36. The summed E-state index contributed by atoms with van der Waals surface area (Å²) in [6, 6.07) is 1.55. The van der Waals surface area contributed by atoms with E-state index in [1.54, 1.807) is 0 Å². The molecule has 0 aromatic rings. The lowest BCUT2D eigenvalue weighted by molar-refractivity contribution is 0.205. The Morgan fingerprint density at radius 2 is 1.23 bits per heavy atom. The number of nitrogens with zero attached hydrogens (tertiary/aromatic N) is 2. The molecule has 0 aromatic carbocycles. The summed E-state index contributed by atoms with van der Waals surface area (Å²) in [5.41, 5.74) is 0. The van der Waals surface area contributed by atoms with E-state index in [1.165, 1.54) is 51.6 Å². The van der Waals surface area contributed by atoms with Crippen LogP contribution in [0.15, 0.2) is 0 Å². The molecule has 0 spiro atoms. The number of fused-ring (bicyclic) bond motifs is 2. The predicted molar refractivity (Wildman–Crippen MR) is 95.5 cm³/mol. The van der Waals surface area contributed by atoms with Crippen LogP contribution in [0.2, 0.25) is 0 Å². The van der Waals surface area contributed by atoms with Gasteiger partial charge in [0.05, 0.1) is 12.2 Å². The maximum absolute atomic E-state index is 5.87. The summed E-state index contributed by atoms with van der Waals surface area (Å²) in [7, 11) is -0.434. The zero-order chi connectivity index (χ0) is 15.7. The summed E-state index contributed by atoms with van der Waals surface area (Å²) >= 11 is 0. The third-order valence-corrected chi connectivity index (χ3v) is 9.09. The van der Waals surface area contributed by atoms with Crippen LogP contribution in [-0.4, -0.2) is 60.1 Å². The summed E-state index contributed by atoms with van der Waals surface area (Å²) in [5, 5.41) is 0. The van der Waals surface area contributed by atoms with Crippen LogP contribution >= 0.6 is 16.6 Å². The van der Waals surface area contributed by atoms with Crippen LogP contribution in [0, 0.1) is 0 Å². The van der Waals surface area contributed by atoms with Crippen LogP contribution in [0.5, 0.6) is 0 Å². The van der Waals surface area contributed by atoms with Gasteiger partial charge in [0.1, 0.15) is 16.6 Å². The van der Waals surface area contributed by atoms with Crippen molar-refractivity contribution in [1.82, 2.24) is 9.34 Å². The Morgan fingerprint density at radius 1 is 0.818 bits per heavy atom. The summed E-state index contributed by atoms with van der Waals surface area (Å²) in [5.74, 6) is 0. The first-order chi connectivity index (χ1) is 10.7. The third-order valence-electron chi connectivity index (χ3n) is 5.50. The van der Waals surface area contributed by atoms with Crippen molar-refractivity contribution in [3.8, 4) is 0 Å². The van der Waals surface area contributed by atoms with E-state index in [9.17, 15) is 0 Å². The fourth-order valence-corrected chi connectivity index (χ4v) is 8.17. The Labute approximate surface area is 138 Å². The maximum atomic E-state index is 5.87. The van der Waals surface area contributed by atoms with Crippen molar-refractivity contribution < 1.29 is 9.05 Å². The molecular formula is C16H32N2O2P2. The average Bonchev–Trinajstić information content (AvgIpc) is 3.25. The largest absolute Gasteiger partial charge is 0.339 e. The van der Waals surface area contributed by atoms with E-state index in [1.807, 2.05) is 0 Å². The van der Waals surface area contributed by atoms with Crippen LogP contribution in [0.1, 0.15) is 52.4 Å². The molecule has 0 radical (unpaired) electrons. The molecule has 22 heavy (non-hydrogen) atoms. The van der Waals surface area contributed by atoms with Gasteiger partial charge in [-0.1, -0.05) is 13.8 Å². The highest BCUT2D eigenvalue weighted by Crippen LogP contribution is 2.53. The molecular weight excluding hydrogens is 314 g/mol. The Morgan fingerprint density at radius 3 is 1.59 bits per heavy atom. The lowest BCUT2D eigenvalue weighted by Crippen LogP contribution is -2.26. The molecule has 0 aliphatic carbocycles. The topological polar surface area (TPSA) is 24.9 Å². The fraction of sp³-hybridized carbons (Fsp3) is 1.00. The molecule has 6 heteroatoms. The molecule has 0 aromatic heterocycles. The second-order valence-corrected chi connectivity index (χ2v) is 10.1. The molecule has 4 saturated heterocycles. The second-order valence-electron chi connectivity index (χ2n) is 6.78. The van der Waals surface area contributed by atoms with E-state index in [2.05, 4.69) is 36.5 Å². The Hall–Kier alpha value is 0.700. The van der Waals surface area contributed by atoms with E-state index in [0.717, 1.165) is 12.1 Å². The van der Waals surface area contributed by atoms with Crippen molar-refractivity contribution >= 4 is 16.6 Å². The van der Waals surface area contributed by atoms with Gasteiger partial charge in [0.25, 0.3) is 0 Å². The molecule has 4 heterocycles. The summed E-state index contributed by atoms with van der Waals surface area (Å²) in [4.78, 5) is 0. The van der Waals surface area contributed by atoms with E-state index in [0.29, 0.717) is 12.2 Å². The predicted octanol–water partition coefficient (Wildman–Crippen LogP) is 4.40. The first-order valence-corrected chi connectivity index (χ1v) is 12.3. The van der Waals surface area contributed by atoms with E-state index < -0.39 is 0 Å². The van der Waals surface area contributed by atoms with Gasteiger partial charge in [-0.25, -0.2) is 0 Å². The summed E-state index contributed by atoms with van der Waals surface area (Å²) < 4.78 is 16.9. The van der Waals surface area contributed by atoms with Gasteiger partial charge in [-0.15, -0.1) is 0 Å². The molecule has 0 amide bonds. The minimum atomic E-state index is -0.217. The molecule has 4 aliphatic heterocycles. The Bertz CT molecular complexity index is 340. The molecule has 0 N–H and O–H groups in total. The van der Waals surface area contributed by atoms with E-state index in [-0.39, 0.29) is 16.6 Å². The van der Waals surface area contributed by atoms with Gasteiger partial charge in [-0.2, -0.15) is 0 Å². The summed E-state index contributed by atoms with van der Waals surface area (Å²) in [6.07, 6.45) is 8.98. The Kier molecular flexibility index (Phi) is 6.15. The molecule has 4 rings (SSSR count). The van der Waals surface area contributed by atoms with Crippen LogP contribution < -0.4 is 0 Å². The highest BCUT2D eigenvalue weighted by Gasteiger charge is 2.42. The number of rotatable bonds is 2. The molecule has 4 nitrogen and oxygen atoms in total. The monoisotopic (exact) mass is 346 g/mol. The molecule has 128 valence electrons. The SMILES string of the molecule is CC[C@@H]1O[P@@](C)N2CCC[C@H]12.CC[C@H]1O[P@](C)N2CCC[C@@H]12. The van der Waals surface area contributed by atoms with Crippen LogP contribution in [0.3, 0.4) is 0 Å². The van der Waals surface area contributed by atoms with Crippen molar-refractivity contribution in [2.24, 2.45) is 0 Å². The van der Waals surface area contributed by atoms with Gasteiger partial charge in [0, 0.05) is 25.2 Å². The van der Waals surface area contributed by atoms with Gasteiger partial charge in [0.15, 0.2) is 0 Å². The first kappa shape index (κ1) is 17.5. The van der Waals surface area contributed by atoms with Crippen molar-refractivity contribution in [1.29, 1.82) is 0 Å². The number of hydrogen-bond donors (Lipinski definition) is 0. The molecule has 0 bridgehead atoms. The van der Waals surface area contributed by atoms with Gasteiger partial charge >= 0.3 is 0 Å². The second kappa shape index (κ2) is 7.72. The maximum Gasteiger partial charge on any atom is 0.101 e.